The molecule has 2 atom stereocenters. The summed E-state index contributed by atoms with van der Waals surface area (Å²) in [7, 11) is 0. The van der Waals surface area contributed by atoms with Crippen molar-refractivity contribution in [1.82, 2.24) is 9.97 Å². The standard InChI is InChI=1S/C41H26N2S/c1-3-14-32-29(11-1)30-12-2-4-15-33(30)40-39(32)42-23-37(43-40)25-10-7-9-24(19-25)35-21-26(20-27-22-36(27)35)28-16-8-17-34-31-13-5-6-18-38(31)44-41(28)34/h1-21,23,27,36H,22H2. The molecule has 10 rings (SSSR count). The van der Waals surface area contributed by atoms with Crippen LogP contribution in [0.15, 0.2) is 134 Å². The van der Waals surface area contributed by atoms with Gasteiger partial charge in [0, 0.05) is 36.5 Å². The first-order valence-electron chi connectivity index (χ1n) is 15.3. The van der Waals surface area contributed by atoms with Crippen LogP contribution in [0.1, 0.15) is 17.5 Å². The molecule has 3 heteroatoms. The summed E-state index contributed by atoms with van der Waals surface area (Å²) in [4.78, 5) is 10.3. The summed E-state index contributed by atoms with van der Waals surface area (Å²) >= 11 is 1.91. The van der Waals surface area contributed by atoms with Gasteiger partial charge >= 0.3 is 0 Å². The van der Waals surface area contributed by atoms with Crippen molar-refractivity contribution < 1.29 is 0 Å². The predicted molar refractivity (Wildman–Crippen MR) is 187 cm³/mol. The minimum Gasteiger partial charge on any atom is -0.252 e. The Morgan fingerprint density at radius 3 is 2.14 bits per heavy atom. The van der Waals surface area contributed by atoms with Crippen LogP contribution in [0.25, 0.3) is 75.2 Å². The summed E-state index contributed by atoms with van der Waals surface area (Å²) < 4.78 is 2.74. The van der Waals surface area contributed by atoms with Gasteiger partial charge in [0.1, 0.15) is 0 Å². The van der Waals surface area contributed by atoms with Crippen LogP contribution in [0.4, 0.5) is 0 Å². The molecule has 2 aromatic heterocycles. The Morgan fingerprint density at radius 2 is 1.30 bits per heavy atom. The quantitative estimate of drug-likeness (QED) is 0.195. The van der Waals surface area contributed by atoms with Gasteiger partial charge in [-0.25, -0.2) is 4.98 Å². The number of allylic oxidation sites excluding steroid dienone is 4. The molecule has 6 aromatic carbocycles. The van der Waals surface area contributed by atoms with Gasteiger partial charge in [-0.15, -0.1) is 11.3 Å². The van der Waals surface area contributed by atoms with E-state index in [1.54, 1.807) is 0 Å². The second-order valence-electron chi connectivity index (χ2n) is 12.1. The molecular formula is C41H26N2S. The van der Waals surface area contributed by atoms with Crippen molar-refractivity contribution in [3.05, 3.63) is 145 Å². The second kappa shape index (κ2) is 9.19. The van der Waals surface area contributed by atoms with Gasteiger partial charge in [0.15, 0.2) is 0 Å². The molecule has 2 nitrogen and oxygen atoms in total. The van der Waals surface area contributed by atoms with Gasteiger partial charge < -0.3 is 0 Å². The van der Waals surface area contributed by atoms with Crippen LogP contribution in [-0.2, 0) is 0 Å². The lowest BCUT2D eigenvalue weighted by Gasteiger charge is -2.16. The van der Waals surface area contributed by atoms with Crippen LogP contribution in [0.5, 0.6) is 0 Å². The molecule has 8 aromatic rings. The fraction of sp³-hybridized carbons (Fsp3) is 0.0732. The normalized spacial score (nSPS) is 17.7. The highest BCUT2D eigenvalue weighted by molar-refractivity contribution is 7.26. The Bertz CT molecular complexity index is 2520. The Balaban J connectivity index is 1.10. The third-order valence-electron chi connectivity index (χ3n) is 9.58. The molecule has 2 unspecified atom stereocenters. The largest absolute Gasteiger partial charge is 0.252 e. The molecule has 0 N–H and O–H groups in total. The van der Waals surface area contributed by atoms with E-state index in [0.717, 1.165) is 33.1 Å². The molecule has 2 aliphatic rings. The Hall–Kier alpha value is -5.12. The number of hydrogen-bond acceptors (Lipinski definition) is 3. The number of rotatable bonds is 3. The first kappa shape index (κ1) is 24.3. The zero-order chi connectivity index (χ0) is 28.8. The van der Waals surface area contributed by atoms with Gasteiger partial charge in [0.2, 0.25) is 0 Å². The van der Waals surface area contributed by atoms with Crippen molar-refractivity contribution in [2.24, 2.45) is 11.8 Å². The van der Waals surface area contributed by atoms with Crippen LogP contribution >= 0.6 is 11.3 Å². The van der Waals surface area contributed by atoms with Gasteiger partial charge in [-0.05, 0) is 63.4 Å². The van der Waals surface area contributed by atoms with Gasteiger partial charge in [0.05, 0.1) is 22.9 Å². The first-order chi connectivity index (χ1) is 21.8. The molecule has 1 fully saturated rings. The van der Waals surface area contributed by atoms with Crippen LogP contribution in [0.2, 0.25) is 0 Å². The zero-order valence-electron chi connectivity index (χ0n) is 23.9. The molecular weight excluding hydrogens is 553 g/mol. The van der Waals surface area contributed by atoms with Crippen molar-refractivity contribution in [2.75, 3.05) is 0 Å². The lowest BCUT2D eigenvalue weighted by molar-refractivity contribution is 1.00. The molecule has 0 spiro atoms. The second-order valence-corrected chi connectivity index (χ2v) is 13.2. The Kier molecular flexibility index (Phi) is 5.08. The minimum absolute atomic E-state index is 0.591. The summed E-state index contributed by atoms with van der Waals surface area (Å²) in [5, 5.41) is 7.44. The lowest BCUT2D eigenvalue weighted by Crippen LogP contribution is -1.97. The van der Waals surface area contributed by atoms with Crippen LogP contribution in [-0.4, -0.2) is 9.97 Å². The maximum absolute atomic E-state index is 5.26. The zero-order valence-corrected chi connectivity index (χ0v) is 24.7. The molecule has 206 valence electrons. The minimum atomic E-state index is 0.591. The van der Waals surface area contributed by atoms with Crippen molar-refractivity contribution in [1.29, 1.82) is 0 Å². The average molecular weight is 579 g/mol. The molecule has 2 aliphatic carbocycles. The Morgan fingerprint density at radius 1 is 0.614 bits per heavy atom. The van der Waals surface area contributed by atoms with Crippen molar-refractivity contribution in [3.63, 3.8) is 0 Å². The fourth-order valence-corrected chi connectivity index (χ4v) is 8.61. The third-order valence-corrected chi connectivity index (χ3v) is 10.8. The Labute approximate surface area is 258 Å². The van der Waals surface area contributed by atoms with E-state index in [-0.39, 0.29) is 0 Å². The highest BCUT2D eigenvalue weighted by atomic mass is 32.1. The number of fused-ring (bicyclic) bond motifs is 10. The smallest absolute Gasteiger partial charge is 0.0979 e. The molecule has 0 aliphatic heterocycles. The summed E-state index contributed by atoms with van der Waals surface area (Å²) in [5.74, 6) is 1.20. The summed E-state index contributed by atoms with van der Waals surface area (Å²) in [6.07, 6.45) is 8.14. The number of nitrogens with zero attached hydrogens (tertiary/aromatic N) is 2. The monoisotopic (exact) mass is 578 g/mol. The lowest BCUT2D eigenvalue weighted by atomic mass is 9.89. The number of hydrogen-bond donors (Lipinski definition) is 0. The average Bonchev–Trinajstić information content (AvgIpc) is 3.79. The topological polar surface area (TPSA) is 25.8 Å². The van der Waals surface area contributed by atoms with Gasteiger partial charge in [-0.2, -0.15) is 0 Å². The molecule has 0 saturated heterocycles. The maximum atomic E-state index is 5.26. The number of thiophene rings is 1. The van der Waals surface area contributed by atoms with Crippen LogP contribution < -0.4 is 0 Å². The van der Waals surface area contributed by atoms with Crippen molar-refractivity contribution >= 4 is 75.2 Å². The van der Waals surface area contributed by atoms with Gasteiger partial charge in [-0.1, -0.05) is 115 Å². The van der Waals surface area contributed by atoms with E-state index >= 15 is 0 Å². The summed E-state index contributed by atoms with van der Waals surface area (Å²) in [6, 6.07) is 41.6. The third kappa shape index (κ3) is 3.60. The molecule has 0 amide bonds. The fourth-order valence-electron chi connectivity index (χ4n) is 7.37. The van der Waals surface area contributed by atoms with E-state index in [2.05, 4.69) is 127 Å². The highest BCUT2D eigenvalue weighted by Crippen LogP contribution is 2.54. The molecule has 2 heterocycles. The number of aromatic nitrogens is 2. The summed E-state index contributed by atoms with van der Waals surface area (Å²) in [6.45, 7) is 0. The molecule has 44 heavy (non-hydrogen) atoms. The van der Waals surface area contributed by atoms with E-state index in [0.29, 0.717) is 11.8 Å². The van der Waals surface area contributed by atoms with E-state index < -0.39 is 0 Å². The van der Waals surface area contributed by atoms with E-state index in [9.17, 15) is 0 Å². The highest BCUT2D eigenvalue weighted by Gasteiger charge is 2.41. The van der Waals surface area contributed by atoms with E-state index in [1.807, 2.05) is 17.5 Å². The van der Waals surface area contributed by atoms with Gasteiger partial charge in [-0.3, -0.25) is 4.98 Å². The van der Waals surface area contributed by atoms with Crippen molar-refractivity contribution in [2.45, 2.75) is 6.42 Å². The van der Waals surface area contributed by atoms with Crippen LogP contribution in [0.3, 0.4) is 0 Å². The van der Waals surface area contributed by atoms with E-state index in [1.165, 1.54) is 59.6 Å². The summed E-state index contributed by atoms with van der Waals surface area (Å²) in [5.41, 5.74) is 9.37. The van der Waals surface area contributed by atoms with Crippen molar-refractivity contribution in [3.8, 4) is 11.3 Å². The van der Waals surface area contributed by atoms with E-state index in [4.69, 9.17) is 9.97 Å². The molecule has 0 radical (unpaired) electrons. The SMILES string of the molecule is C1=C(c2cccc3c2sc2ccccc23)C=C(c2cccc(-c3cnc4c5ccccc5c5ccccc5c4n3)c2)C2CC12. The first-order valence-corrected chi connectivity index (χ1v) is 16.1. The molecule has 1 saturated carbocycles. The number of benzene rings is 6. The van der Waals surface area contributed by atoms with Gasteiger partial charge in [0.25, 0.3) is 0 Å². The maximum Gasteiger partial charge on any atom is 0.0979 e. The van der Waals surface area contributed by atoms with Crippen LogP contribution in [0, 0.1) is 11.8 Å². The molecule has 0 bridgehead atoms. The predicted octanol–water partition coefficient (Wildman–Crippen LogP) is 11.1.